The van der Waals surface area contributed by atoms with E-state index < -0.39 is 0 Å². The number of fused-ring (bicyclic) bond motifs is 5. The van der Waals surface area contributed by atoms with E-state index in [-0.39, 0.29) is 11.8 Å². The lowest BCUT2D eigenvalue weighted by Crippen LogP contribution is -2.17. The second kappa shape index (κ2) is 2.03. The zero-order valence-electron chi connectivity index (χ0n) is 6.20. The maximum atomic E-state index is 11.5. The molecule has 0 aliphatic carbocycles. The Morgan fingerprint density at radius 2 is 1.54 bits per heavy atom. The second-order valence-corrected chi connectivity index (χ2v) is 3.77. The summed E-state index contributed by atoms with van der Waals surface area (Å²) in [7, 11) is 0. The third-order valence-electron chi connectivity index (χ3n) is 2.13. The molecule has 3 rings (SSSR count). The SMILES string of the molecule is O=C1c2c(c3ccc2o3)C(=O)N1I. The number of nitrogens with zero attached hydrogens (tertiary/aromatic N) is 1. The van der Waals surface area contributed by atoms with Crippen LogP contribution in [-0.4, -0.2) is 14.9 Å². The van der Waals surface area contributed by atoms with Gasteiger partial charge in [0, 0.05) is 0 Å². The van der Waals surface area contributed by atoms with Crippen molar-refractivity contribution in [1.29, 1.82) is 0 Å². The van der Waals surface area contributed by atoms with Gasteiger partial charge in [-0.3, -0.25) is 9.59 Å². The number of hydrogen-bond donors (Lipinski definition) is 0. The predicted octanol–water partition coefficient (Wildman–Crippen LogP) is 1.82. The summed E-state index contributed by atoms with van der Waals surface area (Å²) in [5.41, 5.74) is 1.83. The Bertz CT molecular complexity index is 485. The van der Waals surface area contributed by atoms with Crippen LogP contribution in [0.4, 0.5) is 0 Å². The molecule has 3 heterocycles. The molecule has 5 heteroatoms. The van der Waals surface area contributed by atoms with E-state index in [9.17, 15) is 9.59 Å². The van der Waals surface area contributed by atoms with Crippen molar-refractivity contribution in [3.63, 3.8) is 0 Å². The zero-order valence-corrected chi connectivity index (χ0v) is 8.36. The van der Waals surface area contributed by atoms with E-state index >= 15 is 0 Å². The number of amides is 2. The Labute approximate surface area is 86.3 Å². The van der Waals surface area contributed by atoms with Crippen molar-refractivity contribution < 1.29 is 14.0 Å². The number of carbonyl (C=O) groups excluding carboxylic acids is 2. The van der Waals surface area contributed by atoms with Crippen molar-refractivity contribution in [1.82, 2.24) is 3.11 Å². The minimum absolute atomic E-state index is 0.282. The van der Waals surface area contributed by atoms with Gasteiger partial charge >= 0.3 is 0 Å². The summed E-state index contributed by atoms with van der Waals surface area (Å²) in [6.45, 7) is 0. The number of benzene rings is 1. The molecule has 2 aromatic heterocycles. The van der Waals surface area contributed by atoms with Gasteiger partial charge in [-0.15, -0.1) is 0 Å². The number of imide groups is 1. The highest BCUT2D eigenvalue weighted by Crippen LogP contribution is 2.36. The van der Waals surface area contributed by atoms with Crippen LogP contribution in [0.25, 0.3) is 11.2 Å². The Hall–Kier alpha value is -1.11. The van der Waals surface area contributed by atoms with Crippen LogP contribution in [0.5, 0.6) is 0 Å². The number of rotatable bonds is 0. The molecule has 64 valence electrons. The smallest absolute Gasteiger partial charge is 0.274 e. The molecule has 0 atom stereocenters. The van der Waals surface area contributed by atoms with Gasteiger partial charge in [-0.05, 0) is 12.1 Å². The van der Waals surface area contributed by atoms with Crippen molar-refractivity contribution >= 4 is 45.8 Å². The van der Waals surface area contributed by atoms with E-state index in [2.05, 4.69) is 0 Å². The van der Waals surface area contributed by atoms with Crippen LogP contribution >= 0.6 is 22.9 Å². The average molecular weight is 287 g/mol. The van der Waals surface area contributed by atoms with E-state index in [0.717, 1.165) is 3.11 Å². The minimum Gasteiger partial charge on any atom is -0.456 e. The van der Waals surface area contributed by atoms with Crippen molar-refractivity contribution in [3.05, 3.63) is 23.3 Å². The highest BCUT2D eigenvalue weighted by atomic mass is 127. The van der Waals surface area contributed by atoms with Gasteiger partial charge in [-0.2, -0.15) is 0 Å². The van der Waals surface area contributed by atoms with Crippen LogP contribution in [0, 0.1) is 0 Å². The topological polar surface area (TPSA) is 50.5 Å². The molecule has 13 heavy (non-hydrogen) atoms. The molecule has 0 aromatic carbocycles. The molecule has 2 bridgehead atoms. The van der Waals surface area contributed by atoms with Gasteiger partial charge in [-0.1, -0.05) is 0 Å². The molecule has 1 aliphatic heterocycles. The first-order valence-electron chi connectivity index (χ1n) is 3.59. The molecule has 0 N–H and O–H groups in total. The summed E-state index contributed by atoms with van der Waals surface area (Å²) in [6, 6.07) is 3.41. The summed E-state index contributed by atoms with van der Waals surface area (Å²) in [5, 5.41) is 0. The van der Waals surface area contributed by atoms with E-state index in [1.165, 1.54) is 0 Å². The van der Waals surface area contributed by atoms with Crippen molar-refractivity contribution in [3.8, 4) is 0 Å². The molecule has 0 fully saturated rings. The summed E-state index contributed by atoms with van der Waals surface area (Å²) < 4.78 is 6.29. The van der Waals surface area contributed by atoms with Gasteiger partial charge in [0.2, 0.25) is 0 Å². The third-order valence-corrected chi connectivity index (χ3v) is 3.01. The van der Waals surface area contributed by atoms with Crippen LogP contribution in [0.15, 0.2) is 16.5 Å². The highest BCUT2D eigenvalue weighted by molar-refractivity contribution is 14.1. The van der Waals surface area contributed by atoms with Crippen LogP contribution in [0.2, 0.25) is 0 Å². The standard InChI is InChI=1S/C8H2INO3/c9-10-7(11)5-3-1-2-4(13-3)6(5)8(10)12/h1-2H. The predicted molar refractivity (Wildman–Crippen MR) is 51.9 cm³/mol. The second-order valence-electron chi connectivity index (χ2n) is 2.81. The number of hydrogen-bond acceptors (Lipinski definition) is 3. The molecule has 0 spiro atoms. The zero-order chi connectivity index (χ0) is 9.16. The first kappa shape index (κ1) is 7.31. The van der Waals surface area contributed by atoms with Crippen LogP contribution < -0.4 is 0 Å². The quantitative estimate of drug-likeness (QED) is 0.422. The number of furan rings is 2. The molecule has 0 unspecified atom stereocenters. The monoisotopic (exact) mass is 287 g/mol. The molecule has 2 aromatic rings. The van der Waals surface area contributed by atoms with Gasteiger partial charge in [0.1, 0.15) is 11.2 Å². The van der Waals surface area contributed by atoms with E-state index in [1.807, 2.05) is 0 Å². The molecule has 0 radical (unpaired) electrons. The largest absolute Gasteiger partial charge is 0.456 e. The number of carbonyl (C=O) groups is 2. The Balaban J connectivity index is 2.47. The van der Waals surface area contributed by atoms with Crippen molar-refractivity contribution in [2.75, 3.05) is 0 Å². The van der Waals surface area contributed by atoms with E-state index in [1.54, 1.807) is 35.0 Å². The van der Waals surface area contributed by atoms with Crippen LogP contribution in [0.3, 0.4) is 0 Å². The first-order chi connectivity index (χ1) is 6.20. The molecular weight excluding hydrogens is 285 g/mol. The lowest BCUT2D eigenvalue weighted by molar-refractivity contribution is 0.0796. The normalized spacial score (nSPS) is 16.2. The maximum Gasteiger partial charge on any atom is 0.274 e. The minimum atomic E-state index is -0.282. The fourth-order valence-corrected chi connectivity index (χ4v) is 2.05. The van der Waals surface area contributed by atoms with Crippen molar-refractivity contribution in [2.24, 2.45) is 0 Å². The Morgan fingerprint density at radius 1 is 1.08 bits per heavy atom. The van der Waals surface area contributed by atoms with Gasteiger partial charge in [0.05, 0.1) is 34.0 Å². The van der Waals surface area contributed by atoms with Gasteiger partial charge < -0.3 is 4.42 Å². The molecule has 1 aliphatic rings. The van der Waals surface area contributed by atoms with Gasteiger partial charge in [0.25, 0.3) is 11.8 Å². The first-order valence-corrected chi connectivity index (χ1v) is 4.56. The molecule has 0 saturated heterocycles. The summed E-state index contributed by atoms with van der Waals surface area (Å²) in [4.78, 5) is 23.0. The summed E-state index contributed by atoms with van der Waals surface area (Å²) in [5.74, 6) is -0.565. The average Bonchev–Trinajstić information content (AvgIpc) is 2.76. The van der Waals surface area contributed by atoms with Crippen LogP contribution in [-0.2, 0) is 0 Å². The number of halogens is 1. The molecule has 4 nitrogen and oxygen atoms in total. The Kier molecular flexibility index (Phi) is 1.14. The van der Waals surface area contributed by atoms with Crippen LogP contribution in [0.1, 0.15) is 20.7 Å². The van der Waals surface area contributed by atoms with E-state index in [0.29, 0.717) is 22.3 Å². The lowest BCUT2D eigenvalue weighted by Gasteiger charge is -1.99. The Morgan fingerprint density at radius 3 is 2.00 bits per heavy atom. The third kappa shape index (κ3) is 0.668. The summed E-state index contributed by atoms with van der Waals surface area (Å²) >= 11 is 1.70. The van der Waals surface area contributed by atoms with Gasteiger partial charge in [0.15, 0.2) is 0 Å². The molecular formula is C8H2INO3. The fraction of sp³-hybridized carbons (Fsp3) is 0. The molecule has 2 amide bonds. The highest BCUT2D eigenvalue weighted by Gasteiger charge is 2.40. The lowest BCUT2D eigenvalue weighted by atomic mass is 10.1. The van der Waals surface area contributed by atoms with Gasteiger partial charge in [-0.25, -0.2) is 3.11 Å². The van der Waals surface area contributed by atoms with E-state index in [4.69, 9.17) is 4.42 Å². The summed E-state index contributed by atoms with van der Waals surface area (Å²) in [6.07, 6.45) is 0. The molecule has 0 saturated carbocycles. The fourth-order valence-electron chi connectivity index (χ4n) is 1.57. The maximum absolute atomic E-state index is 11.5. The van der Waals surface area contributed by atoms with Crippen molar-refractivity contribution in [2.45, 2.75) is 0 Å².